The molecule has 2 N–H and O–H groups in total. The lowest BCUT2D eigenvalue weighted by Crippen LogP contribution is -2.43. The van der Waals surface area contributed by atoms with Crippen molar-refractivity contribution in [3.63, 3.8) is 0 Å². The average Bonchev–Trinajstić information content (AvgIpc) is 3.18. The van der Waals surface area contributed by atoms with E-state index in [0.29, 0.717) is 31.9 Å². The highest BCUT2D eigenvalue weighted by Crippen LogP contribution is 2.35. The molecule has 16 heteroatoms. The first-order valence-corrected chi connectivity index (χ1v) is 11.2. The number of halogens is 6. The van der Waals surface area contributed by atoms with Crippen LogP contribution in [0.15, 0.2) is 48.9 Å². The third-order valence-electron chi connectivity index (χ3n) is 5.53. The summed E-state index contributed by atoms with van der Waals surface area (Å²) in [5, 5.41) is 14.2. The van der Waals surface area contributed by atoms with Gasteiger partial charge in [-0.2, -0.15) is 26.3 Å². The zero-order chi connectivity index (χ0) is 29.3. The molecule has 2 saturated heterocycles. The molecule has 2 fully saturated rings. The van der Waals surface area contributed by atoms with Crippen LogP contribution >= 0.6 is 0 Å². The summed E-state index contributed by atoms with van der Waals surface area (Å²) in [7, 11) is 0. The summed E-state index contributed by atoms with van der Waals surface area (Å²) in [6.45, 7) is 4.41. The van der Waals surface area contributed by atoms with Gasteiger partial charge in [0, 0.05) is 50.2 Å². The van der Waals surface area contributed by atoms with E-state index in [-0.39, 0.29) is 11.3 Å². The lowest BCUT2D eigenvalue weighted by atomic mass is 9.87. The van der Waals surface area contributed by atoms with Crippen LogP contribution in [0.1, 0.15) is 16.8 Å². The number of carboxylic acids is 2. The summed E-state index contributed by atoms with van der Waals surface area (Å²) in [5.41, 5.74) is 0.602. The predicted molar refractivity (Wildman–Crippen MR) is 122 cm³/mol. The van der Waals surface area contributed by atoms with Crippen molar-refractivity contribution in [2.45, 2.75) is 18.8 Å². The molecule has 0 radical (unpaired) electrons. The summed E-state index contributed by atoms with van der Waals surface area (Å²) in [5.74, 6) is -4.48. The Hall–Kier alpha value is -3.95. The van der Waals surface area contributed by atoms with Gasteiger partial charge in [0.1, 0.15) is 5.82 Å². The highest BCUT2D eigenvalue weighted by atomic mass is 19.4. The minimum absolute atomic E-state index is 0.0358. The second-order valence-electron chi connectivity index (χ2n) is 8.49. The van der Waals surface area contributed by atoms with Gasteiger partial charge in [-0.3, -0.25) is 9.78 Å². The number of amides is 1. The molecule has 4 heterocycles. The third kappa shape index (κ3) is 9.70. The Balaban J connectivity index is 0.000000317. The highest BCUT2D eigenvalue weighted by molar-refractivity contribution is 5.94. The summed E-state index contributed by atoms with van der Waals surface area (Å²) < 4.78 is 69.3. The molecule has 1 atom stereocenters. The molecule has 2 aromatic heterocycles. The minimum Gasteiger partial charge on any atom is -0.475 e. The van der Waals surface area contributed by atoms with Crippen LogP contribution in [0, 0.1) is 5.41 Å². The number of carbonyl (C=O) groups is 3. The molecule has 39 heavy (non-hydrogen) atoms. The summed E-state index contributed by atoms with van der Waals surface area (Å²) in [6, 6.07) is 9.60. The van der Waals surface area contributed by atoms with Crippen LogP contribution in [0.25, 0.3) is 0 Å². The Kier molecular flexibility index (Phi) is 10.6. The number of anilines is 1. The molecule has 1 spiro atoms. The number of hydrogen-bond acceptors (Lipinski definition) is 7. The van der Waals surface area contributed by atoms with Crippen molar-refractivity contribution in [2.24, 2.45) is 5.41 Å². The molecule has 0 aliphatic carbocycles. The summed E-state index contributed by atoms with van der Waals surface area (Å²) >= 11 is 0. The molecule has 214 valence electrons. The van der Waals surface area contributed by atoms with Crippen LogP contribution in [-0.2, 0) is 14.3 Å². The van der Waals surface area contributed by atoms with Gasteiger partial charge in [-0.15, -0.1) is 0 Å². The van der Waals surface area contributed by atoms with Crippen molar-refractivity contribution in [1.29, 1.82) is 0 Å². The van der Waals surface area contributed by atoms with Gasteiger partial charge in [-0.25, -0.2) is 14.6 Å². The van der Waals surface area contributed by atoms with Crippen LogP contribution < -0.4 is 4.90 Å². The number of ether oxygens (including phenoxy) is 1. The van der Waals surface area contributed by atoms with Gasteiger partial charge in [-0.1, -0.05) is 6.07 Å². The predicted octanol–water partition coefficient (Wildman–Crippen LogP) is 3.11. The zero-order valence-corrected chi connectivity index (χ0v) is 20.2. The maximum absolute atomic E-state index is 12.8. The number of carboxylic acid groups (broad SMARTS) is 2. The summed E-state index contributed by atoms with van der Waals surface area (Å²) in [6.07, 6.45) is -4.02. The van der Waals surface area contributed by atoms with Crippen molar-refractivity contribution < 1.29 is 55.7 Å². The minimum atomic E-state index is -5.08. The van der Waals surface area contributed by atoms with Crippen molar-refractivity contribution in [2.75, 3.05) is 44.3 Å². The van der Waals surface area contributed by atoms with Gasteiger partial charge < -0.3 is 24.7 Å². The molecule has 0 saturated carbocycles. The number of hydrogen-bond donors (Lipinski definition) is 2. The van der Waals surface area contributed by atoms with Gasteiger partial charge in [0.2, 0.25) is 0 Å². The molecule has 0 bridgehead atoms. The van der Waals surface area contributed by atoms with Gasteiger partial charge in [0.05, 0.1) is 18.8 Å². The van der Waals surface area contributed by atoms with Crippen LogP contribution in [0.4, 0.5) is 32.2 Å². The van der Waals surface area contributed by atoms with E-state index in [1.807, 2.05) is 35.4 Å². The average molecular weight is 566 g/mol. The maximum atomic E-state index is 12.8. The normalized spacial score (nSPS) is 19.2. The van der Waals surface area contributed by atoms with Gasteiger partial charge in [0.15, 0.2) is 0 Å². The molecule has 1 amide bonds. The van der Waals surface area contributed by atoms with Crippen LogP contribution in [0.3, 0.4) is 0 Å². The van der Waals surface area contributed by atoms with E-state index in [0.717, 1.165) is 25.3 Å². The van der Waals surface area contributed by atoms with E-state index in [1.165, 1.54) is 0 Å². The van der Waals surface area contributed by atoms with E-state index < -0.39 is 24.3 Å². The second kappa shape index (κ2) is 13.2. The first-order valence-electron chi connectivity index (χ1n) is 11.2. The molecule has 2 aromatic rings. The van der Waals surface area contributed by atoms with Crippen molar-refractivity contribution >= 4 is 23.7 Å². The van der Waals surface area contributed by atoms with Crippen LogP contribution in [0.2, 0.25) is 0 Å². The Morgan fingerprint density at radius 2 is 1.54 bits per heavy atom. The fraction of sp³-hybridized carbons (Fsp3) is 0.435. The quantitative estimate of drug-likeness (QED) is 0.526. The maximum Gasteiger partial charge on any atom is 0.490 e. The topological polar surface area (TPSA) is 133 Å². The number of pyridine rings is 2. The van der Waals surface area contributed by atoms with E-state index in [2.05, 4.69) is 14.9 Å². The Labute approximate surface area is 217 Å². The van der Waals surface area contributed by atoms with Gasteiger partial charge in [0.25, 0.3) is 5.91 Å². The van der Waals surface area contributed by atoms with E-state index in [9.17, 15) is 31.1 Å². The van der Waals surface area contributed by atoms with Crippen molar-refractivity contribution in [3.8, 4) is 0 Å². The molecular formula is C23H24F6N4O6. The smallest absolute Gasteiger partial charge is 0.475 e. The number of aliphatic carboxylic acids is 2. The van der Waals surface area contributed by atoms with E-state index in [1.54, 1.807) is 18.5 Å². The second-order valence-corrected chi connectivity index (χ2v) is 8.49. The van der Waals surface area contributed by atoms with Crippen LogP contribution in [0.5, 0.6) is 0 Å². The molecule has 1 unspecified atom stereocenters. The fourth-order valence-corrected chi connectivity index (χ4v) is 3.76. The zero-order valence-electron chi connectivity index (χ0n) is 20.2. The van der Waals surface area contributed by atoms with Gasteiger partial charge >= 0.3 is 24.3 Å². The largest absolute Gasteiger partial charge is 0.490 e. The summed E-state index contributed by atoms with van der Waals surface area (Å²) in [4.78, 5) is 43.4. The molecule has 0 aromatic carbocycles. The highest BCUT2D eigenvalue weighted by Gasteiger charge is 2.43. The molecular weight excluding hydrogens is 542 g/mol. The third-order valence-corrected chi connectivity index (χ3v) is 5.53. The van der Waals surface area contributed by atoms with Crippen molar-refractivity contribution in [3.05, 3.63) is 54.5 Å². The van der Waals surface area contributed by atoms with E-state index >= 15 is 0 Å². The molecule has 2 aliphatic rings. The first-order chi connectivity index (χ1) is 18.1. The number of nitrogens with zero attached hydrogens (tertiary/aromatic N) is 4. The van der Waals surface area contributed by atoms with Crippen molar-refractivity contribution in [1.82, 2.24) is 14.9 Å². The lowest BCUT2D eigenvalue weighted by Gasteiger charge is -2.32. The molecule has 4 rings (SSSR count). The standard InChI is InChI=1S/C19H22N4O2.2C2HF3O2/c24-18(16-4-3-7-20-12-16)23-10-11-25-15-19(14-23)6-9-22(13-19)17-5-1-2-8-21-17;2*3-2(4,5)1(6)7/h1-5,7-8,12H,6,9-11,13-15H2;2*(H,6,7). The van der Waals surface area contributed by atoms with Gasteiger partial charge in [-0.05, 0) is 30.7 Å². The number of aromatic nitrogens is 2. The lowest BCUT2D eigenvalue weighted by molar-refractivity contribution is -0.193. The molecule has 10 nitrogen and oxygen atoms in total. The number of carbonyl (C=O) groups excluding carboxylic acids is 1. The first kappa shape index (κ1) is 31.3. The Bertz CT molecular complexity index is 1080. The fourth-order valence-electron chi connectivity index (χ4n) is 3.76. The number of alkyl halides is 6. The van der Waals surface area contributed by atoms with Crippen LogP contribution in [-0.4, -0.2) is 94.7 Å². The number of rotatable bonds is 2. The van der Waals surface area contributed by atoms with E-state index in [4.69, 9.17) is 24.5 Å². The SMILES string of the molecule is O=C(O)C(F)(F)F.O=C(O)C(F)(F)F.O=C(c1cccnc1)N1CCOCC2(CCN(c3ccccn3)C2)C1. The Morgan fingerprint density at radius 1 is 0.897 bits per heavy atom. The molecule has 2 aliphatic heterocycles. The monoisotopic (exact) mass is 566 g/mol. The Morgan fingerprint density at radius 3 is 2.05 bits per heavy atom.